The number of carbonyl (C=O) groups is 2. The van der Waals surface area contributed by atoms with Crippen LogP contribution in [0.3, 0.4) is 0 Å². The Bertz CT molecular complexity index is 651. The summed E-state index contributed by atoms with van der Waals surface area (Å²) < 4.78 is 18.3. The Kier molecular flexibility index (Phi) is 3.28. The molecule has 2 N–H and O–H groups in total. The van der Waals surface area contributed by atoms with E-state index in [0.29, 0.717) is 5.69 Å². The van der Waals surface area contributed by atoms with E-state index in [2.05, 4.69) is 10.3 Å². The molecule has 0 aliphatic rings. The van der Waals surface area contributed by atoms with Gasteiger partial charge in [0.1, 0.15) is 11.4 Å². The van der Waals surface area contributed by atoms with E-state index < -0.39 is 23.3 Å². The molecule has 0 atom stereocenters. The molecule has 0 saturated heterocycles. The number of nitrogens with zero attached hydrogens (tertiary/aromatic N) is 1. The fourth-order valence-corrected chi connectivity index (χ4v) is 1.54. The fourth-order valence-electron chi connectivity index (χ4n) is 1.54. The summed E-state index contributed by atoms with van der Waals surface area (Å²) in [6.07, 6.45) is 1.09. The highest BCUT2D eigenvalue weighted by molar-refractivity contribution is 6.06. The minimum atomic E-state index is -1.47. The maximum Gasteiger partial charge on any atom is 0.340 e. The Morgan fingerprint density at radius 1 is 1.42 bits per heavy atom. The van der Waals surface area contributed by atoms with Gasteiger partial charge in [-0.2, -0.15) is 0 Å². The van der Waals surface area contributed by atoms with Gasteiger partial charge in [0.05, 0.1) is 11.4 Å². The summed E-state index contributed by atoms with van der Waals surface area (Å²) >= 11 is 0. The highest BCUT2D eigenvalue weighted by atomic mass is 19.1. The second-order valence-corrected chi connectivity index (χ2v) is 3.69. The molecule has 1 aromatic carbocycles. The molecular weight excluding hydrogens is 255 g/mol. The van der Waals surface area contributed by atoms with Crippen molar-refractivity contribution in [2.24, 2.45) is 0 Å². The molecule has 2 aromatic rings. The first-order valence-electron chi connectivity index (χ1n) is 5.24. The van der Waals surface area contributed by atoms with E-state index in [-0.39, 0.29) is 11.4 Å². The van der Waals surface area contributed by atoms with Gasteiger partial charge in [0, 0.05) is 0 Å². The third-order valence-corrected chi connectivity index (χ3v) is 2.43. The van der Waals surface area contributed by atoms with Gasteiger partial charge in [0.25, 0.3) is 5.91 Å². The lowest BCUT2D eigenvalue weighted by molar-refractivity contribution is 0.0693. The van der Waals surface area contributed by atoms with E-state index in [0.717, 1.165) is 12.5 Å². The zero-order valence-corrected chi connectivity index (χ0v) is 9.81. The highest BCUT2D eigenvalue weighted by Gasteiger charge is 2.20. The average molecular weight is 264 g/mol. The Balaban J connectivity index is 2.35. The highest BCUT2D eigenvalue weighted by Crippen LogP contribution is 2.20. The molecule has 0 radical (unpaired) electrons. The molecule has 2 rings (SSSR count). The van der Waals surface area contributed by atoms with Gasteiger partial charge in [-0.05, 0) is 19.1 Å². The minimum absolute atomic E-state index is 0.0550. The predicted molar refractivity (Wildman–Crippen MR) is 62.6 cm³/mol. The Morgan fingerprint density at radius 3 is 2.74 bits per heavy atom. The van der Waals surface area contributed by atoms with Crippen LogP contribution in [0.4, 0.5) is 10.1 Å². The number of aromatic carboxylic acids is 1. The van der Waals surface area contributed by atoms with Gasteiger partial charge in [0.2, 0.25) is 5.76 Å². The van der Waals surface area contributed by atoms with Gasteiger partial charge in [-0.3, -0.25) is 4.79 Å². The molecule has 1 heterocycles. The van der Waals surface area contributed by atoms with E-state index in [1.54, 1.807) is 6.92 Å². The lowest BCUT2D eigenvalue weighted by Crippen LogP contribution is -2.16. The monoisotopic (exact) mass is 264 g/mol. The number of oxazole rings is 1. The molecule has 0 bridgehead atoms. The Labute approximate surface area is 106 Å². The molecular formula is C12H9FN2O4. The lowest BCUT2D eigenvalue weighted by Gasteiger charge is -2.07. The van der Waals surface area contributed by atoms with Crippen molar-refractivity contribution in [2.45, 2.75) is 6.92 Å². The smallest absolute Gasteiger partial charge is 0.340 e. The van der Waals surface area contributed by atoms with Crippen molar-refractivity contribution in [3.05, 3.63) is 47.4 Å². The van der Waals surface area contributed by atoms with Crippen LogP contribution in [-0.2, 0) is 0 Å². The van der Waals surface area contributed by atoms with Gasteiger partial charge in [-0.1, -0.05) is 6.07 Å². The van der Waals surface area contributed by atoms with Crippen LogP contribution in [0.5, 0.6) is 0 Å². The Morgan fingerprint density at radius 2 is 2.16 bits per heavy atom. The number of nitrogens with one attached hydrogen (secondary N) is 1. The third-order valence-electron chi connectivity index (χ3n) is 2.43. The van der Waals surface area contributed by atoms with Crippen molar-refractivity contribution >= 4 is 17.6 Å². The molecule has 0 aliphatic carbocycles. The van der Waals surface area contributed by atoms with Crippen LogP contribution in [0.15, 0.2) is 29.0 Å². The third kappa shape index (κ3) is 2.44. The molecule has 1 amide bonds. The van der Waals surface area contributed by atoms with Crippen LogP contribution in [0.2, 0.25) is 0 Å². The topological polar surface area (TPSA) is 92.4 Å². The van der Waals surface area contributed by atoms with E-state index in [9.17, 15) is 14.0 Å². The molecule has 19 heavy (non-hydrogen) atoms. The van der Waals surface area contributed by atoms with Crippen LogP contribution in [0, 0.1) is 12.7 Å². The first-order chi connectivity index (χ1) is 9.00. The number of anilines is 1. The SMILES string of the molecule is Cc1ncoc1C(=O)Nc1cccc(F)c1C(=O)O. The number of halogens is 1. The Hall–Kier alpha value is -2.70. The van der Waals surface area contributed by atoms with Crippen LogP contribution in [-0.4, -0.2) is 22.0 Å². The summed E-state index contributed by atoms with van der Waals surface area (Å²) in [6, 6.07) is 3.58. The maximum atomic E-state index is 13.4. The standard InChI is InChI=1S/C12H9FN2O4/c1-6-10(19-5-14-6)11(16)15-8-4-2-3-7(13)9(8)12(17)18/h2-5H,1H3,(H,15,16)(H,17,18). The number of hydrogen-bond donors (Lipinski definition) is 2. The van der Waals surface area contributed by atoms with Gasteiger partial charge >= 0.3 is 5.97 Å². The molecule has 7 heteroatoms. The molecule has 0 spiro atoms. The number of hydrogen-bond acceptors (Lipinski definition) is 4. The summed E-state index contributed by atoms with van der Waals surface area (Å²) in [5, 5.41) is 11.2. The van der Waals surface area contributed by atoms with E-state index in [1.165, 1.54) is 12.1 Å². The van der Waals surface area contributed by atoms with Crippen LogP contribution < -0.4 is 5.32 Å². The fraction of sp³-hybridized carbons (Fsp3) is 0.0833. The normalized spacial score (nSPS) is 10.2. The molecule has 0 fully saturated rings. The average Bonchev–Trinajstić information content (AvgIpc) is 2.75. The summed E-state index contributed by atoms with van der Waals surface area (Å²) in [4.78, 5) is 26.5. The first kappa shape index (κ1) is 12.7. The van der Waals surface area contributed by atoms with E-state index in [4.69, 9.17) is 9.52 Å². The number of carboxylic acid groups (broad SMARTS) is 1. The van der Waals surface area contributed by atoms with Gasteiger partial charge < -0.3 is 14.8 Å². The number of amides is 1. The maximum absolute atomic E-state index is 13.4. The number of carbonyl (C=O) groups excluding carboxylic acids is 1. The summed E-state index contributed by atoms with van der Waals surface area (Å²) in [6.45, 7) is 1.56. The zero-order valence-electron chi connectivity index (χ0n) is 9.81. The minimum Gasteiger partial charge on any atom is -0.478 e. The van der Waals surface area contributed by atoms with E-state index in [1.807, 2.05) is 0 Å². The second kappa shape index (κ2) is 4.89. The van der Waals surface area contributed by atoms with Crippen molar-refractivity contribution in [1.82, 2.24) is 4.98 Å². The van der Waals surface area contributed by atoms with Crippen molar-refractivity contribution in [3.63, 3.8) is 0 Å². The second-order valence-electron chi connectivity index (χ2n) is 3.69. The largest absolute Gasteiger partial charge is 0.478 e. The van der Waals surface area contributed by atoms with Crippen LogP contribution in [0.1, 0.15) is 26.6 Å². The molecule has 0 saturated carbocycles. The van der Waals surface area contributed by atoms with Crippen molar-refractivity contribution in [3.8, 4) is 0 Å². The molecule has 98 valence electrons. The molecule has 1 aromatic heterocycles. The predicted octanol–water partition coefficient (Wildman–Crippen LogP) is 2.07. The molecule has 0 aliphatic heterocycles. The number of benzene rings is 1. The van der Waals surface area contributed by atoms with Crippen molar-refractivity contribution in [2.75, 3.05) is 5.32 Å². The lowest BCUT2D eigenvalue weighted by atomic mass is 10.1. The molecule has 0 unspecified atom stereocenters. The number of carboxylic acids is 1. The quantitative estimate of drug-likeness (QED) is 0.885. The number of aromatic nitrogens is 1. The van der Waals surface area contributed by atoms with Gasteiger partial charge in [-0.15, -0.1) is 0 Å². The first-order valence-corrected chi connectivity index (χ1v) is 5.24. The van der Waals surface area contributed by atoms with E-state index >= 15 is 0 Å². The van der Waals surface area contributed by atoms with Crippen molar-refractivity contribution in [1.29, 1.82) is 0 Å². The zero-order chi connectivity index (χ0) is 14.0. The summed E-state index contributed by atoms with van der Waals surface area (Å²) in [5.74, 6) is -3.15. The van der Waals surface area contributed by atoms with Crippen LogP contribution >= 0.6 is 0 Å². The van der Waals surface area contributed by atoms with Crippen molar-refractivity contribution < 1.29 is 23.5 Å². The number of rotatable bonds is 3. The molecule has 6 nitrogen and oxygen atoms in total. The number of aryl methyl sites for hydroxylation is 1. The van der Waals surface area contributed by atoms with Crippen LogP contribution in [0.25, 0.3) is 0 Å². The van der Waals surface area contributed by atoms with Gasteiger partial charge in [0.15, 0.2) is 6.39 Å². The van der Waals surface area contributed by atoms with Gasteiger partial charge in [-0.25, -0.2) is 14.2 Å². The summed E-state index contributed by atoms with van der Waals surface area (Å²) in [7, 11) is 0. The summed E-state index contributed by atoms with van der Waals surface area (Å²) in [5.41, 5.74) is -0.396.